The van der Waals surface area contributed by atoms with Crippen molar-refractivity contribution in [3.63, 3.8) is 0 Å². The lowest BCUT2D eigenvalue weighted by molar-refractivity contribution is 0.269. The minimum atomic E-state index is 0.560. The van der Waals surface area contributed by atoms with Gasteiger partial charge in [-0.25, -0.2) is 4.98 Å². The highest BCUT2D eigenvalue weighted by Crippen LogP contribution is 2.12. The monoisotopic (exact) mass is 263 g/mol. The van der Waals surface area contributed by atoms with Crippen molar-refractivity contribution in [1.82, 2.24) is 14.9 Å². The van der Waals surface area contributed by atoms with Gasteiger partial charge in [-0.15, -0.1) is 0 Å². The predicted octanol–water partition coefficient (Wildman–Crippen LogP) is 2.19. The average molecular weight is 263 g/mol. The van der Waals surface area contributed by atoms with E-state index in [4.69, 9.17) is 0 Å². The quantitative estimate of drug-likeness (QED) is 0.790. The molecule has 19 heavy (non-hydrogen) atoms. The second-order valence-electron chi connectivity index (χ2n) is 5.17. The number of nitrogens with zero attached hydrogens (tertiary/aromatic N) is 3. The fourth-order valence-corrected chi connectivity index (χ4v) is 2.34. The molecule has 2 heterocycles. The van der Waals surface area contributed by atoms with Gasteiger partial charge in [-0.2, -0.15) is 4.98 Å². The number of hydrogen-bond acceptors (Lipinski definition) is 5. The maximum Gasteiger partial charge on any atom is 0.224 e. The van der Waals surface area contributed by atoms with Gasteiger partial charge in [-0.3, -0.25) is 4.90 Å². The molecule has 5 nitrogen and oxygen atoms in total. The first-order chi connectivity index (χ1) is 9.29. The summed E-state index contributed by atoms with van der Waals surface area (Å²) in [5.41, 5.74) is 0. The molecule has 2 rings (SSSR count). The molecule has 0 radical (unpaired) electrons. The lowest BCUT2D eigenvalue weighted by Crippen LogP contribution is -2.35. The van der Waals surface area contributed by atoms with Crippen LogP contribution in [0, 0.1) is 0 Å². The minimum Gasteiger partial charge on any atom is -0.368 e. The molecule has 0 aromatic carbocycles. The number of likely N-dealkylation sites (tertiary alicyclic amines) is 1. The normalized spacial score (nSPS) is 17.4. The predicted molar refractivity (Wildman–Crippen MR) is 79.6 cm³/mol. The fourth-order valence-electron chi connectivity index (χ4n) is 2.34. The third-order valence-electron chi connectivity index (χ3n) is 3.53. The summed E-state index contributed by atoms with van der Waals surface area (Å²) in [6, 6.07) is 2.48. The van der Waals surface area contributed by atoms with E-state index in [1.807, 2.05) is 6.07 Å². The largest absolute Gasteiger partial charge is 0.368 e. The molecule has 1 unspecified atom stereocenters. The van der Waals surface area contributed by atoms with E-state index in [2.05, 4.69) is 39.3 Å². The van der Waals surface area contributed by atoms with Gasteiger partial charge in [0.1, 0.15) is 5.82 Å². The summed E-state index contributed by atoms with van der Waals surface area (Å²) in [6.45, 7) is 8.71. The summed E-state index contributed by atoms with van der Waals surface area (Å²) in [6.07, 6.45) is 5.55. The van der Waals surface area contributed by atoms with Gasteiger partial charge in [-0.05, 0) is 45.3 Å². The molecule has 1 aromatic rings. The number of hydrogen-bond donors (Lipinski definition) is 2. The highest BCUT2D eigenvalue weighted by atomic mass is 15.2. The van der Waals surface area contributed by atoms with E-state index < -0.39 is 0 Å². The zero-order chi connectivity index (χ0) is 13.5. The first kappa shape index (κ1) is 14.1. The van der Waals surface area contributed by atoms with Gasteiger partial charge >= 0.3 is 0 Å². The number of rotatable bonds is 7. The molecule has 0 aliphatic carbocycles. The molecule has 106 valence electrons. The van der Waals surface area contributed by atoms with Gasteiger partial charge in [0, 0.05) is 25.3 Å². The Morgan fingerprint density at radius 2 is 2.11 bits per heavy atom. The molecular formula is C14H25N5. The molecule has 2 N–H and O–H groups in total. The number of aromatic nitrogens is 2. The van der Waals surface area contributed by atoms with Crippen molar-refractivity contribution in [3.8, 4) is 0 Å². The van der Waals surface area contributed by atoms with E-state index in [1.54, 1.807) is 6.20 Å². The second kappa shape index (κ2) is 7.28. The van der Waals surface area contributed by atoms with Crippen LogP contribution in [0.5, 0.6) is 0 Å². The minimum absolute atomic E-state index is 0.560. The van der Waals surface area contributed by atoms with Crippen LogP contribution < -0.4 is 10.6 Å². The van der Waals surface area contributed by atoms with Crippen LogP contribution in [0.25, 0.3) is 0 Å². The highest BCUT2D eigenvalue weighted by Gasteiger charge is 2.17. The van der Waals surface area contributed by atoms with Gasteiger partial charge < -0.3 is 10.6 Å². The Morgan fingerprint density at radius 1 is 1.32 bits per heavy atom. The van der Waals surface area contributed by atoms with Crippen LogP contribution in [0.3, 0.4) is 0 Å². The van der Waals surface area contributed by atoms with Gasteiger partial charge in [0.25, 0.3) is 0 Å². The van der Waals surface area contributed by atoms with Gasteiger partial charge in [0.05, 0.1) is 0 Å². The third kappa shape index (κ3) is 4.35. The summed E-state index contributed by atoms with van der Waals surface area (Å²) < 4.78 is 0. The van der Waals surface area contributed by atoms with Crippen LogP contribution >= 0.6 is 0 Å². The second-order valence-corrected chi connectivity index (χ2v) is 5.17. The van der Waals surface area contributed by atoms with Crippen LogP contribution in [0.4, 0.5) is 11.8 Å². The van der Waals surface area contributed by atoms with Gasteiger partial charge in [0.2, 0.25) is 5.95 Å². The van der Waals surface area contributed by atoms with Crippen LogP contribution in [0.2, 0.25) is 0 Å². The molecule has 1 saturated heterocycles. The van der Waals surface area contributed by atoms with Crippen molar-refractivity contribution < 1.29 is 0 Å². The Balaban J connectivity index is 1.81. The lowest BCUT2D eigenvalue weighted by atomic mass is 10.3. The van der Waals surface area contributed by atoms with Crippen LogP contribution in [0.1, 0.15) is 33.1 Å². The summed E-state index contributed by atoms with van der Waals surface area (Å²) in [5.74, 6) is 1.61. The molecule has 5 heteroatoms. The van der Waals surface area contributed by atoms with Crippen molar-refractivity contribution in [3.05, 3.63) is 12.3 Å². The van der Waals surface area contributed by atoms with Gasteiger partial charge in [0.15, 0.2) is 0 Å². The lowest BCUT2D eigenvalue weighted by Gasteiger charge is -2.24. The van der Waals surface area contributed by atoms with Crippen molar-refractivity contribution in [1.29, 1.82) is 0 Å². The molecule has 1 fully saturated rings. The molecule has 1 aromatic heterocycles. The molecule has 1 aliphatic heterocycles. The Kier molecular flexibility index (Phi) is 5.39. The summed E-state index contributed by atoms with van der Waals surface area (Å²) >= 11 is 0. The van der Waals surface area contributed by atoms with Crippen molar-refractivity contribution >= 4 is 11.8 Å². The molecule has 1 aliphatic rings. The maximum absolute atomic E-state index is 4.46. The topological polar surface area (TPSA) is 53.1 Å². The standard InChI is InChI=1S/C14H25N5/c1-3-7-15-14-16-8-6-13(18-14)17-11-12(2)19-9-4-5-10-19/h6,8,12H,3-5,7,9-11H2,1-2H3,(H2,15,16,17,18). The van der Waals surface area contributed by atoms with E-state index >= 15 is 0 Å². The fraction of sp³-hybridized carbons (Fsp3) is 0.714. The summed E-state index contributed by atoms with van der Waals surface area (Å²) in [4.78, 5) is 11.2. The molecule has 0 bridgehead atoms. The van der Waals surface area contributed by atoms with E-state index in [0.29, 0.717) is 12.0 Å². The van der Waals surface area contributed by atoms with Crippen LogP contribution in [0.15, 0.2) is 12.3 Å². The Bertz CT molecular complexity index is 376. The highest BCUT2D eigenvalue weighted by molar-refractivity contribution is 5.39. The first-order valence-electron chi connectivity index (χ1n) is 7.34. The molecule has 0 amide bonds. The zero-order valence-corrected chi connectivity index (χ0v) is 12.0. The first-order valence-corrected chi connectivity index (χ1v) is 7.34. The van der Waals surface area contributed by atoms with E-state index in [-0.39, 0.29) is 0 Å². The number of anilines is 2. The Morgan fingerprint density at radius 3 is 2.84 bits per heavy atom. The summed E-state index contributed by atoms with van der Waals surface area (Å²) in [5, 5.41) is 6.61. The Hall–Kier alpha value is -1.36. The van der Waals surface area contributed by atoms with E-state index in [0.717, 1.165) is 25.3 Å². The van der Waals surface area contributed by atoms with Gasteiger partial charge in [-0.1, -0.05) is 6.92 Å². The Labute approximate surface area is 115 Å². The molecular weight excluding hydrogens is 238 g/mol. The summed E-state index contributed by atoms with van der Waals surface area (Å²) in [7, 11) is 0. The smallest absolute Gasteiger partial charge is 0.224 e. The van der Waals surface area contributed by atoms with Crippen molar-refractivity contribution in [2.45, 2.75) is 39.2 Å². The maximum atomic E-state index is 4.46. The van der Waals surface area contributed by atoms with Crippen molar-refractivity contribution in [2.75, 3.05) is 36.8 Å². The number of nitrogens with one attached hydrogen (secondary N) is 2. The van der Waals surface area contributed by atoms with Crippen molar-refractivity contribution in [2.24, 2.45) is 0 Å². The zero-order valence-electron chi connectivity index (χ0n) is 12.0. The van der Waals surface area contributed by atoms with Crippen LogP contribution in [-0.4, -0.2) is 47.1 Å². The van der Waals surface area contributed by atoms with E-state index in [1.165, 1.54) is 25.9 Å². The van der Waals surface area contributed by atoms with Crippen LogP contribution in [-0.2, 0) is 0 Å². The molecule has 1 atom stereocenters. The van der Waals surface area contributed by atoms with E-state index in [9.17, 15) is 0 Å². The average Bonchev–Trinajstić information content (AvgIpc) is 2.97. The third-order valence-corrected chi connectivity index (χ3v) is 3.53. The molecule has 0 saturated carbocycles. The molecule has 0 spiro atoms. The SMILES string of the molecule is CCCNc1nccc(NCC(C)N2CCCC2)n1.